The molecule has 2 aromatic carbocycles. The summed E-state index contributed by atoms with van der Waals surface area (Å²) in [5, 5.41) is 16.8. The summed E-state index contributed by atoms with van der Waals surface area (Å²) in [6.45, 7) is 4.57. The van der Waals surface area contributed by atoms with Crippen molar-refractivity contribution in [2.75, 3.05) is 25.2 Å². The summed E-state index contributed by atoms with van der Waals surface area (Å²) in [6.07, 6.45) is -0.0558. The number of ether oxygens (including phenoxy) is 1. The van der Waals surface area contributed by atoms with Gasteiger partial charge in [-0.15, -0.1) is 25.0 Å². The molecule has 0 aromatic heterocycles. The van der Waals surface area contributed by atoms with Gasteiger partial charge in [0, 0.05) is 19.5 Å². The Kier molecular flexibility index (Phi) is 16.5. The molecule has 0 bridgehead atoms. The van der Waals surface area contributed by atoms with Crippen molar-refractivity contribution in [3.8, 4) is 5.75 Å². The number of amides is 1. The van der Waals surface area contributed by atoms with Gasteiger partial charge in [0.15, 0.2) is 15.0 Å². The summed E-state index contributed by atoms with van der Waals surface area (Å²) in [5.41, 5.74) is 1.90. The lowest BCUT2D eigenvalue weighted by Crippen LogP contribution is -2.51. The highest BCUT2D eigenvalue weighted by Crippen LogP contribution is 2.17. The number of thiol groups is 1. The smallest absolute Gasteiger partial charge is 0.224 e. The second kappa shape index (κ2) is 18.3. The molecular formula is C29H43ClN2O6S2. The van der Waals surface area contributed by atoms with Crippen LogP contribution in [0.4, 0.5) is 0 Å². The number of nitrogens with one attached hydrogen (secondary N) is 2. The number of aliphatic hydroxyl groups is 1. The molecule has 0 heterocycles. The van der Waals surface area contributed by atoms with Crippen molar-refractivity contribution in [2.45, 2.75) is 58.2 Å². The number of halogens is 1. The molecule has 11 heteroatoms. The quantitative estimate of drug-likeness (QED) is 0.189. The third kappa shape index (κ3) is 14.0. The maximum Gasteiger partial charge on any atom is 0.224 e. The van der Waals surface area contributed by atoms with Gasteiger partial charge in [0.25, 0.3) is 0 Å². The Morgan fingerprint density at radius 1 is 1.02 bits per heavy atom. The third-order valence-corrected chi connectivity index (χ3v) is 8.44. The van der Waals surface area contributed by atoms with E-state index in [1.54, 1.807) is 7.11 Å². The second-order valence-corrected chi connectivity index (χ2v) is 13.0. The van der Waals surface area contributed by atoms with Crippen LogP contribution in [0.2, 0.25) is 0 Å². The molecule has 0 aliphatic carbocycles. The number of hydrogen-bond donors (Lipinski definition) is 4. The van der Waals surface area contributed by atoms with Crippen molar-refractivity contribution in [1.29, 1.82) is 0 Å². The first-order chi connectivity index (χ1) is 18.5. The average Bonchev–Trinajstić information content (AvgIpc) is 2.90. The summed E-state index contributed by atoms with van der Waals surface area (Å²) >= 11 is 3.79. The molecule has 0 aliphatic rings. The number of aliphatic hydroxyl groups excluding tert-OH is 1. The Hall–Kier alpha value is -2.11. The zero-order valence-corrected chi connectivity index (χ0v) is 25.9. The van der Waals surface area contributed by atoms with Gasteiger partial charge in [-0.05, 0) is 48.4 Å². The van der Waals surface area contributed by atoms with E-state index in [9.17, 15) is 23.1 Å². The summed E-state index contributed by atoms with van der Waals surface area (Å²) in [4.78, 5) is 24.9. The van der Waals surface area contributed by atoms with E-state index in [1.165, 1.54) is 0 Å². The molecule has 40 heavy (non-hydrogen) atoms. The lowest BCUT2D eigenvalue weighted by molar-refractivity contribution is -0.126. The molecule has 0 fully saturated rings. The second-order valence-electron chi connectivity index (χ2n) is 10.3. The predicted octanol–water partition coefficient (Wildman–Crippen LogP) is 3.61. The Labute approximate surface area is 250 Å². The molecule has 8 nitrogen and oxygen atoms in total. The fourth-order valence-electron chi connectivity index (χ4n) is 4.13. The van der Waals surface area contributed by atoms with Gasteiger partial charge in [-0.1, -0.05) is 56.3 Å². The van der Waals surface area contributed by atoms with E-state index in [0.29, 0.717) is 19.4 Å². The fraction of sp³-hybridized carbons (Fsp3) is 0.517. The van der Waals surface area contributed by atoms with Crippen LogP contribution in [0.25, 0.3) is 0 Å². The maximum absolute atomic E-state index is 13.4. The lowest BCUT2D eigenvalue weighted by Gasteiger charge is -2.27. The third-order valence-electron chi connectivity index (χ3n) is 6.45. The van der Waals surface area contributed by atoms with Crippen LogP contribution < -0.4 is 15.4 Å². The maximum atomic E-state index is 13.4. The number of hydrogen-bond acceptors (Lipinski definition) is 7. The molecular weight excluding hydrogens is 572 g/mol. The summed E-state index contributed by atoms with van der Waals surface area (Å²) in [7, 11) is -1.92. The minimum atomic E-state index is -3.52. The van der Waals surface area contributed by atoms with Crippen LogP contribution in [0.1, 0.15) is 44.2 Å². The predicted molar refractivity (Wildman–Crippen MR) is 165 cm³/mol. The van der Waals surface area contributed by atoms with E-state index in [-0.39, 0.29) is 49.2 Å². The van der Waals surface area contributed by atoms with E-state index < -0.39 is 38.9 Å². The molecule has 0 spiro atoms. The number of carbonyl (C=O) groups excluding carboxylic acids is 2. The molecule has 0 saturated carbocycles. The first-order valence-corrected chi connectivity index (χ1v) is 15.5. The molecule has 1 amide bonds. The molecule has 3 atom stereocenters. The van der Waals surface area contributed by atoms with Crippen molar-refractivity contribution in [3.63, 3.8) is 0 Å². The number of benzene rings is 2. The Bertz CT molecular complexity index is 1150. The number of carbonyl (C=O) groups is 2. The molecule has 0 aliphatic heterocycles. The summed E-state index contributed by atoms with van der Waals surface area (Å²) < 4.78 is 30.8. The molecule has 3 N–H and O–H groups in total. The lowest BCUT2D eigenvalue weighted by atomic mass is 9.98. The van der Waals surface area contributed by atoms with Crippen LogP contribution in [-0.4, -0.2) is 61.9 Å². The van der Waals surface area contributed by atoms with Gasteiger partial charge in [0.2, 0.25) is 5.91 Å². The highest BCUT2D eigenvalue weighted by atomic mass is 35.5. The molecule has 0 saturated heterocycles. The molecule has 0 unspecified atom stereocenters. The van der Waals surface area contributed by atoms with Gasteiger partial charge >= 0.3 is 0 Å². The van der Waals surface area contributed by atoms with Crippen molar-refractivity contribution in [1.82, 2.24) is 10.6 Å². The average molecular weight is 615 g/mol. The van der Waals surface area contributed by atoms with E-state index >= 15 is 0 Å². The SMILES string of the molecule is COc1cccc(CNC[C@@H](O)[C@H](Cc2ccccc2)NC(=O)[C@H](CCC(=O)S)CS(=O)(=O)CCC(C)C)c1.Cl. The Balaban J connectivity index is 0.00000800. The van der Waals surface area contributed by atoms with Gasteiger partial charge in [-0.25, -0.2) is 8.42 Å². The normalized spacial score (nSPS) is 13.7. The van der Waals surface area contributed by atoms with Crippen LogP contribution in [0.5, 0.6) is 5.75 Å². The van der Waals surface area contributed by atoms with Crippen molar-refractivity contribution >= 4 is 45.9 Å². The van der Waals surface area contributed by atoms with Crippen LogP contribution in [0.15, 0.2) is 54.6 Å². The van der Waals surface area contributed by atoms with E-state index in [2.05, 4.69) is 23.3 Å². The summed E-state index contributed by atoms with van der Waals surface area (Å²) in [5.74, 6) is -0.847. The molecule has 0 radical (unpaired) electrons. The van der Waals surface area contributed by atoms with E-state index in [1.807, 2.05) is 68.4 Å². The van der Waals surface area contributed by atoms with Crippen molar-refractivity contribution in [3.05, 3.63) is 65.7 Å². The van der Waals surface area contributed by atoms with Crippen LogP contribution >= 0.6 is 25.0 Å². The van der Waals surface area contributed by atoms with Gasteiger partial charge in [-0.3, -0.25) is 9.59 Å². The molecule has 2 rings (SSSR count). The first-order valence-electron chi connectivity index (χ1n) is 13.3. The Morgan fingerprint density at radius 2 is 1.70 bits per heavy atom. The van der Waals surface area contributed by atoms with Crippen molar-refractivity contribution in [2.24, 2.45) is 11.8 Å². The van der Waals surface area contributed by atoms with E-state index in [4.69, 9.17) is 4.74 Å². The zero-order chi connectivity index (χ0) is 28.8. The van der Waals surface area contributed by atoms with Gasteiger partial charge in [0.05, 0.1) is 36.7 Å². The standard InChI is InChI=1S/C29H42N2O6S2.ClH/c1-21(2)14-15-39(35,36)20-24(12-13-28(33)38)29(34)31-26(17-22-8-5-4-6-9-22)27(32)19-30-18-23-10-7-11-25(16-23)37-3;/h4-11,16,21,24,26-27,30,32H,12-15,17-20H2,1-3H3,(H,31,34)(H,33,38);1H/t24-,26+,27-;/m1./s1. The zero-order valence-electron chi connectivity index (χ0n) is 23.4. The van der Waals surface area contributed by atoms with E-state index in [0.717, 1.165) is 16.9 Å². The number of sulfone groups is 1. The molecule has 224 valence electrons. The van der Waals surface area contributed by atoms with Crippen molar-refractivity contribution < 1.29 is 27.9 Å². The monoisotopic (exact) mass is 614 g/mol. The van der Waals surface area contributed by atoms with Gasteiger partial charge in [0.1, 0.15) is 5.75 Å². The highest BCUT2D eigenvalue weighted by molar-refractivity contribution is 7.96. The first kappa shape index (κ1) is 35.9. The topological polar surface area (TPSA) is 122 Å². The minimum absolute atomic E-state index is 0. The number of methoxy groups -OCH3 is 1. The number of rotatable bonds is 18. The molecule has 2 aromatic rings. The fourth-order valence-corrected chi connectivity index (χ4v) is 6.19. The van der Waals surface area contributed by atoms with Gasteiger partial charge in [-0.2, -0.15) is 0 Å². The highest BCUT2D eigenvalue weighted by Gasteiger charge is 2.30. The van der Waals surface area contributed by atoms with Crippen LogP contribution in [-0.2, 0) is 32.4 Å². The summed E-state index contributed by atoms with van der Waals surface area (Å²) in [6, 6.07) is 16.4. The van der Waals surface area contributed by atoms with Crippen LogP contribution in [0, 0.1) is 11.8 Å². The minimum Gasteiger partial charge on any atom is -0.497 e. The Morgan fingerprint density at radius 3 is 2.33 bits per heavy atom. The van der Waals surface area contributed by atoms with Gasteiger partial charge < -0.3 is 20.5 Å². The van der Waals surface area contributed by atoms with Crippen LogP contribution in [0.3, 0.4) is 0 Å². The largest absolute Gasteiger partial charge is 0.497 e.